The lowest BCUT2D eigenvalue weighted by atomic mass is 9.85. The van der Waals surface area contributed by atoms with E-state index in [1.54, 1.807) is 24.4 Å². The molecular weight excluding hydrogens is 526 g/mol. The van der Waals surface area contributed by atoms with Crippen LogP contribution in [0, 0.1) is 0 Å². The average Bonchev–Trinajstić information content (AvgIpc) is 3.00. The van der Waals surface area contributed by atoms with Crippen molar-refractivity contribution in [2.75, 3.05) is 14.2 Å². The van der Waals surface area contributed by atoms with Crippen molar-refractivity contribution < 1.29 is 33.3 Å². The maximum absolute atomic E-state index is 13.7. The summed E-state index contributed by atoms with van der Waals surface area (Å²) in [6.07, 6.45) is 3.08. The number of fused-ring (bicyclic) bond motifs is 3. The maximum Gasteiger partial charge on any atom is 0.312 e. The van der Waals surface area contributed by atoms with Gasteiger partial charge < -0.3 is 28.5 Å². The number of benzene rings is 3. The number of nitrogens with zero attached hydrogens (tertiary/aromatic N) is 1. The van der Waals surface area contributed by atoms with Crippen LogP contribution in [0.15, 0.2) is 88.4 Å². The normalized spacial score (nSPS) is 14.3. The van der Waals surface area contributed by atoms with E-state index in [2.05, 4.69) is 4.98 Å². The molecule has 5 aromatic rings. The van der Waals surface area contributed by atoms with Crippen molar-refractivity contribution in [3.05, 3.63) is 106 Å². The molecule has 0 spiro atoms. The standard InChI is InChI=1S/C32H25NO8/c1-37-25-11-8-19(13-26(25)38-2)23-17-40-32-29-22(14-28(35)41-27(29)15-24(34)30(32)31(23)36)18-6-9-21(10-7-18)39-16-20-5-3-4-12-33-20/h3-13,15,17,22,34H,14,16H2,1-2H3. The molecule has 0 amide bonds. The summed E-state index contributed by atoms with van der Waals surface area (Å²) in [6, 6.07) is 19.3. The molecule has 1 atom stereocenters. The van der Waals surface area contributed by atoms with Gasteiger partial charge in [0.15, 0.2) is 11.5 Å². The topological polar surface area (TPSA) is 117 Å². The summed E-state index contributed by atoms with van der Waals surface area (Å²) in [7, 11) is 3.03. The molecule has 9 heteroatoms. The Labute approximate surface area is 234 Å². The third kappa shape index (κ3) is 4.82. The third-order valence-electron chi connectivity index (χ3n) is 7.06. The summed E-state index contributed by atoms with van der Waals surface area (Å²) < 4.78 is 28.0. The predicted molar refractivity (Wildman–Crippen MR) is 150 cm³/mol. The van der Waals surface area contributed by atoms with Gasteiger partial charge in [-0.15, -0.1) is 0 Å². The Morgan fingerprint density at radius 3 is 2.51 bits per heavy atom. The molecule has 1 unspecified atom stereocenters. The Bertz CT molecular complexity index is 1810. The molecule has 0 saturated carbocycles. The van der Waals surface area contributed by atoms with Crippen LogP contribution in [0.5, 0.6) is 28.7 Å². The molecule has 1 aliphatic heterocycles. The van der Waals surface area contributed by atoms with Crippen molar-refractivity contribution in [2.45, 2.75) is 18.9 Å². The number of aromatic nitrogens is 1. The van der Waals surface area contributed by atoms with Crippen LogP contribution < -0.4 is 24.4 Å². The largest absolute Gasteiger partial charge is 0.507 e. The fourth-order valence-electron chi connectivity index (χ4n) is 5.06. The Balaban J connectivity index is 1.40. The molecule has 0 radical (unpaired) electrons. The molecule has 1 aliphatic rings. The van der Waals surface area contributed by atoms with Crippen molar-refractivity contribution in [1.82, 2.24) is 4.98 Å². The monoisotopic (exact) mass is 551 g/mol. The smallest absolute Gasteiger partial charge is 0.312 e. The van der Waals surface area contributed by atoms with Crippen molar-refractivity contribution in [3.63, 3.8) is 0 Å². The number of rotatable bonds is 7. The quantitative estimate of drug-likeness (QED) is 0.204. The SMILES string of the molecule is COc1ccc(-c2coc3c4c(cc(O)c3c2=O)OC(=O)CC4c2ccc(OCc3ccccn3)cc2)cc1OC. The zero-order valence-electron chi connectivity index (χ0n) is 22.2. The second-order valence-electron chi connectivity index (χ2n) is 9.47. The van der Waals surface area contributed by atoms with E-state index in [1.165, 1.54) is 26.5 Å². The van der Waals surface area contributed by atoms with Crippen molar-refractivity contribution >= 4 is 16.9 Å². The first-order valence-corrected chi connectivity index (χ1v) is 12.8. The minimum atomic E-state index is -0.478. The number of esters is 1. The van der Waals surface area contributed by atoms with Crippen LogP contribution in [0.2, 0.25) is 0 Å². The van der Waals surface area contributed by atoms with Gasteiger partial charge in [-0.2, -0.15) is 0 Å². The van der Waals surface area contributed by atoms with Gasteiger partial charge in [-0.1, -0.05) is 24.3 Å². The molecule has 0 saturated heterocycles. The van der Waals surface area contributed by atoms with Crippen LogP contribution in [0.1, 0.15) is 29.2 Å². The molecule has 6 rings (SSSR count). The van der Waals surface area contributed by atoms with Crippen LogP contribution in [0.4, 0.5) is 0 Å². The Hall–Kier alpha value is -5.31. The van der Waals surface area contributed by atoms with Crippen LogP contribution in [-0.2, 0) is 11.4 Å². The van der Waals surface area contributed by atoms with E-state index in [0.717, 1.165) is 11.3 Å². The number of hydrogen-bond donors (Lipinski definition) is 1. The van der Waals surface area contributed by atoms with Crippen LogP contribution in [0.25, 0.3) is 22.1 Å². The first kappa shape index (κ1) is 25.9. The molecule has 3 heterocycles. The number of carbonyl (C=O) groups excluding carboxylic acids is 1. The van der Waals surface area contributed by atoms with Crippen molar-refractivity contribution in [1.29, 1.82) is 0 Å². The van der Waals surface area contributed by atoms with E-state index < -0.39 is 17.3 Å². The molecule has 2 aromatic heterocycles. The van der Waals surface area contributed by atoms with Gasteiger partial charge in [0, 0.05) is 23.7 Å². The van der Waals surface area contributed by atoms with E-state index >= 15 is 0 Å². The van der Waals surface area contributed by atoms with E-state index in [0.29, 0.717) is 35.0 Å². The van der Waals surface area contributed by atoms with Gasteiger partial charge >= 0.3 is 5.97 Å². The summed E-state index contributed by atoms with van der Waals surface area (Å²) in [5, 5.41) is 10.9. The zero-order valence-corrected chi connectivity index (χ0v) is 22.2. The lowest BCUT2D eigenvalue weighted by Crippen LogP contribution is -2.22. The summed E-state index contributed by atoms with van der Waals surface area (Å²) >= 11 is 0. The number of aromatic hydroxyl groups is 1. The van der Waals surface area contributed by atoms with Crippen LogP contribution in [-0.4, -0.2) is 30.3 Å². The van der Waals surface area contributed by atoms with E-state index in [4.69, 9.17) is 23.4 Å². The van der Waals surface area contributed by atoms with E-state index in [-0.39, 0.29) is 34.5 Å². The summed E-state index contributed by atoms with van der Waals surface area (Å²) in [6.45, 7) is 0.316. The molecule has 0 fully saturated rings. The minimum absolute atomic E-state index is 0.00528. The molecular formula is C32H25NO8. The van der Waals surface area contributed by atoms with Gasteiger partial charge in [0.2, 0.25) is 5.43 Å². The van der Waals surface area contributed by atoms with Gasteiger partial charge in [0.25, 0.3) is 0 Å². The first-order valence-electron chi connectivity index (χ1n) is 12.8. The second-order valence-corrected chi connectivity index (χ2v) is 9.47. The Morgan fingerprint density at radius 1 is 0.976 bits per heavy atom. The average molecular weight is 552 g/mol. The highest BCUT2D eigenvalue weighted by atomic mass is 16.5. The van der Waals surface area contributed by atoms with Gasteiger partial charge in [0.05, 0.1) is 31.9 Å². The van der Waals surface area contributed by atoms with Crippen LogP contribution >= 0.6 is 0 Å². The lowest BCUT2D eigenvalue weighted by molar-refractivity contribution is -0.135. The fourth-order valence-corrected chi connectivity index (χ4v) is 5.06. The highest BCUT2D eigenvalue weighted by Gasteiger charge is 2.33. The second kappa shape index (κ2) is 10.7. The fraction of sp³-hybridized carbons (Fsp3) is 0.156. The molecule has 3 aromatic carbocycles. The lowest BCUT2D eigenvalue weighted by Gasteiger charge is -2.26. The molecule has 0 aliphatic carbocycles. The maximum atomic E-state index is 13.7. The Morgan fingerprint density at radius 2 is 1.78 bits per heavy atom. The van der Waals surface area contributed by atoms with Gasteiger partial charge in [0.1, 0.15) is 41.1 Å². The molecule has 41 heavy (non-hydrogen) atoms. The van der Waals surface area contributed by atoms with E-state index in [9.17, 15) is 14.7 Å². The molecule has 1 N–H and O–H groups in total. The number of hydrogen-bond acceptors (Lipinski definition) is 9. The predicted octanol–water partition coefficient (Wildman–Crippen LogP) is 5.60. The number of phenolic OH excluding ortho intramolecular Hbond substituents is 1. The Kier molecular flexibility index (Phi) is 6.76. The number of phenols is 1. The van der Waals surface area contributed by atoms with Gasteiger partial charge in [-0.05, 0) is 47.5 Å². The highest BCUT2D eigenvalue weighted by Crippen LogP contribution is 2.46. The summed E-state index contributed by atoms with van der Waals surface area (Å²) in [5.41, 5.74) is 2.58. The highest BCUT2D eigenvalue weighted by molar-refractivity contribution is 5.94. The summed E-state index contributed by atoms with van der Waals surface area (Å²) in [4.78, 5) is 30.5. The number of methoxy groups -OCH3 is 2. The number of pyridine rings is 1. The van der Waals surface area contributed by atoms with Crippen LogP contribution in [0.3, 0.4) is 0 Å². The molecule has 0 bridgehead atoms. The third-order valence-corrected chi connectivity index (χ3v) is 7.06. The first-order chi connectivity index (χ1) is 20.0. The van der Waals surface area contributed by atoms with Gasteiger partial charge in [-0.25, -0.2) is 0 Å². The molecule has 9 nitrogen and oxygen atoms in total. The summed E-state index contributed by atoms with van der Waals surface area (Å²) in [5.74, 6) is 0.458. The number of ether oxygens (including phenoxy) is 4. The van der Waals surface area contributed by atoms with Gasteiger partial charge in [-0.3, -0.25) is 14.6 Å². The zero-order chi connectivity index (χ0) is 28.5. The van der Waals surface area contributed by atoms with Crippen molar-refractivity contribution in [3.8, 4) is 39.9 Å². The minimum Gasteiger partial charge on any atom is -0.507 e. The van der Waals surface area contributed by atoms with Crippen molar-refractivity contribution in [2.24, 2.45) is 0 Å². The van der Waals surface area contributed by atoms with E-state index in [1.807, 2.05) is 42.5 Å². The number of carbonyl (C=O) groups is 1. The molecule has 206 valence electrons.